The Bertz CT molecular complexity index is 306. The van der Waals surface area contributed by atoms with Crippen LogP contribution < -0.4 is 0 Å². The third kappa shape index (κ3) is 4.18. The molecule has 0 N–H and O–H groups in total. The summed E-state index contributed by atoms with van der Waals surface area (Å²) in [7, 11) is 0. The Morgan fingerprint density at radius 2 is 1.84 bits per heavy atom. The van der Waals surface area contributed by atoms with E-state index in [4.69, 9.17) is 4.74 Å². The molecule has 4 heteroatoms. The minimum Gasteiger partial charge on any atom is -0.373 e. The maximum absolute atomic E-state index is 12.3. The normalized spacial score (nSPS) is 26.5. The van der Waals surface area contributed by atoms with Crippen LogP contribution in [0.2, 0.25) is 0 Å². The Morgan fingerprint density at radius 1 is 1.16 bits per heavy atom. The number of hydrogen-bond donors (Lipinski definition) is 0. The number of piperidine rings is 1. The third-order valence-corrected chi connectivity index (χ3v) is 3.98. The SMILES string of the molecule is CC(C)(C)C(=O)N1CCOC(CN2CCCCC2)C1. The first-order valence-corrected chi connectivity index (χ1v) is 7.60. The molecule has 2 rings (SSSR count). The highest BCUT2D eigenvalue weighted by Gasteiger charge is 2.32. The van der Waals surface area contributed by atoms with Gasteiger partial charge in [0.1, 0.15) is 0 Å². The molecule has 2 aliphatic rings. The van der Waals surface area contributed by atoms with E-state index in [1.165, 1.54) is 32.4 Å². The first-order valence-electron chi connectivity index (χ1n) is 7.60. The van der Waals surface area contributed by atoms with Crippen LogP contribution in [0.3, 0.4) is 0 Å². The molecule has 2 fully saturated rings. The number of carbonyl (C=O) groups excluding carboxylic acids is 1. The van der Waals surface area contributed by atoms with Gasteiger partial charge in [0.15, 0.2) is 0 Å². The predicted octanol–water partition coefficient (Wildman–Crippen LogP) is 1.75. The van der Waals surface area contributed by atoms with Crippen molar-refractivity contribution in [2.75, 3.05) is 39.3 Å². The summed E-state index contributed by atoms with van der Waals surface area (Å²) in [6.45, 7) is 11.5. The van der Waals surface area contributed by atoms with Crippen molar-refractivity contribution >= 4 is 5.91 Å². The fourth-order valence-corrected chi connectivity index (χ4v) is 2.92. The van der Waals surface area contributed by atoms with Crippen molar-refractivity contribution in [2.45, 2.75) is 46.1 Å². The lowest BCUT2D eigenvalue weighted by Gasteiger charge is -2.39. The van der Waals surface area contributed by atoms with Crippen molar-refractivity contribution in [1.29, 1.82) is 0 Å². The van der Waals surface area contributed by atoms with Gasteiger partial charge in [0.2, 0.25) is 5.91 Å². The summed E-state index contributed by atoms with van der Waals surface area (Å²) >= 11 is 0. The predicted molar refractivity (Wildman–Crippen MR) is 76.1 cm³/mol. The molecule has 4 nitrogen and oxygen atoms in total. The van der Waals surface area contributed by atoms with Gasteiger partial charge in [-0.1, -0.05) is 27.2 Å². The van der Waals surface area contributed by atoms with Crippen LogP contribution in [0.1, 0.15) is 40.0 Å². The second kappa shape index (κ2) is 6.23. The van der Waals surface area contributed by atoms with Gasteiger partial charge in [-0.05, 0) is 25.9 Å². The van der Waals surface area contributed by atoms with E-state index in [-0.39, 0.29) is 17.4 Å². The molecule has 1 unspecified atom stereocenters. The average Bonchev–Trinajstić information content (AvgIpc) is 2.38. The Labute approximate surface area is 117 Å². The number of carbonyl (C=O) groups is 1. The molecule has 0 aromatic carbocycles. The first kappa shape index (κ1) is 14.8. The Kier molecular flexibility index (Phi) is 4.85. The van der Waals surface area contributed by atoms with Crippen LogP contribution in [0.15, 0.2) is 0 Å². The van der Waals surface area contributed by atoms with Gasteiger partial charge < -0.3 is 14.5 Å². The standard InChI is InChI=1S/C15H28N2O2/c1-15(2,3)14(18)17-9-10-19-13(12-17)11-16-7-5-4-6-8-16/h13H,4-12H2,1-3H3. The fourth-order valence-electron chi connectivity index (χ4n) is 2.92. The van der Waals surface area contributed by atoms with Gasteiger partial charge >= 0.3 is 0 Å². The lowest BCUT2D eigenvalue weighted by atomic mass is 9.94. The van der Waals surface area contributed by atoms with Crippen molar-refractivity contribution < 1.29 is 9.53 Å². The molecule has 2 heterocycles. The topological polar surface area (TPSA) is 32.8 Å². The van der Waals surface area contributed by atoms with Gasteiger partial charge in [0.05, 0.1) is 12.7 Å². The fraction of sp³-hybridized carbons (Fsp3) is 0.933. The van der Waals surface area contributed by atoms with Crippen LogP contribution in [0.4, 0.5) is 0 Å². The number of nitrogens with zero attached hydrogens (tertiary/aromatic N) is 2. The summed E-state index contributed by atoms with van der Waals surface area (Å²) in [5.74, 6) is 0.249. The largest absolute Gasteiger partial charge is 0.373 e. The summed E-state index contributed by atoms with van der Waals surface area (Å²) in [6, 6.07) is 0. The van der Waals surface area contributed by atoms with Crippen molar-refractivity contribution in [3.05, 3.63) is 0 Å². The lowest BCUT2D eigenvalue weighted by Crippen LogP contribution is -2.52. The Morgan fingerprint density at radius 3 is 2.47 bits per heavy atom. The molecule has 19 heavy (non-hydrogen) atoms. The number of rotatable bonds is 2. The summed E-state index contributed by atoms with van der Waals surface area (Å²) in [5.41, 5.74) is -0.285. The molecule has 0 aliphatic carbocycles. The second-order valence-corrected chi connectivity index (χ2v) is 6.86. The van der Waals surface area contributed by atoms with Gasteiger partial charge in [-0.2, -0.15) is 0 Å². The van der Waals surface area contributed by atoms with Gasteiger partial charge in [0, 0.05) is 25.0 Å². The van der Waals surface area contributed by atoms with E-state index in [2.05, 4.69) is 4.90 Å². The highest BCUT2D eigenvalue weighted by Crippen LogP contribution is 2.20. The average molecular weight is 268 g/mol. The highest BCUT2D eigenvalue weighted by molar-refractivity contribution is 5.81. The van der Waals surface area contributed by atoms with E-state index < -0.39 is 0 Å². The lowest BCUT2D eigenvalue weighted by molar-refractivity contribution is -0.147. The van der Waals surface area contributed by atoms with Crippen LogP contribution in [0, 0.1) is 5.41 Å². The van der Waals surface area contributed by atoms with Crippen molar-refractivity contribution in [1.82, 2.24) is 9.80 Å². The van der Waals surface area contributed by atoms with Gasteiger partial charge in [0.25, 0.3) is 0 Å². The van der Waals surface area contributed by atoms with Crippen LogP contribution >= 0.6 is 0 Å². The number of amides is 1. The summed E-state index contributed by atoms with van der Waals surface area (Å²) in [4.78, 5) is 16.8. The number of hydrogen-bond acceptors (Lipinski definition) is 3. The smallest absolute Gasteiger partial charge is 0.228 e. The first-order chi connectivity index (χ1) is 8.97. The molecule has 2 aliphatic heterocycles. The zero-order valence-electron chi connectivity index (χ0n) is 12.7. The minimum atomic E-state index is -0.285. The van der Waals surface area contributed by atoms with Crippen molar-refractivity contribution in [3.63, 3.8) is 0 Å². The molecule has 0 radical (unpaired) electrons. The number of likely N-dealkylation sites (tertiary alicyclic amines) is 1. The van der Waals surface area contributed by atoms with E-state index in [9.17, 15) is 4.79 Å². The number of ether oxygens (including phenoxy) is 1. The second-order valence-electron chi connectivity index (χ2n) is 6.86. The molecule has 2 saturated heterocycles. The van der Waals surface area contributed by atoms with E-state index in [1.54, 1.807) is 0 Å². The van der Waals surface area contributed by atoms with E-state index in [0.29, 0.717) is 6.61 Å². The monoisotopic (exact) mass is 268 g/mol. The Balaban J connectivity index is 1.84. The molecule has 0 saturated carbocycles. The molecular weight excluding hydrogens is 240 g/mol. The van der Waals surface area contributed by atoms with Crippen LogP contribution in [0.5, 0.6) is 0 Å². The molecule has 0 bridgehead atoms. The van der Waals surface area contributed by atoms with Gasteiger partial charge in [-0.3, -0.25) is 4.79 Å². The molecule has 110 valence electrons. The molecular formula is C15H28N2O2. The summed E-state index contributed by atoms with van der Waals surface area (Å²) < 4.78 is 5.84. The van der Waals surface area contributed by atoms with E-state index in [0.717, 1.165) is 19.6 Å². The zero-order chi connectivity index (χ0) is 13.9. The third-order valence-electron chi connectivity index (χ3n) is 3.98. The minimum absolute atomic E-state index is 0.193. The molecule has 0 aromatic heterocycles. The quantitative estimate of drug-likeness (QED) is 0.765. The van der Waals surface area contributed by atoms with Gasteiger partial charge in [-0.15, -0.1) is 0 Å². The van der Waals surface area contributed by atoms with E-state index >= 15 is 0 Å². The molecule has 1 atom stereocenters. The molecule has 0 spiro atoms. The maximum Gasteiger partial charge on any atom is 0.228 e. The molecule has 1 amide bonds. The molecule has 0 aromatic rings. The van der Waals surface area contributed by atoms with Crippen LogP contribution in [-0.4, -0.2) is 61.1 Å². The van der Waals surface area contributed by atoms with Crippen molar-refractivity contribution in [2.24, 2.45) is 5.41 Å². The summed E-state index contributed by atoms with van der Waals surface area (Å²) in [6.07, 6.45) is 4.16. The summed E-state index contributed by atoms with van der Waals surface area (Å²) in [5, 5.41) is 0. The zero-order valence-corrected chi connectivity index (χ0v) is 12.7. The van der Waals surface area contributed by atoms with Gasteiger partial charge in [-0.25, -0.2) is 0 Å². The Hall–Kier alpha value is -0.610. The van der Waals surface area contributed by atoms with Crippen LogP contribution in [0.25, 0.3) is 0 Å². The van der Waals surface area contributed by atoms with Crippen LogP contribution in [-0.2, 0) is 9.53 Å². The number of morpholine rings is 1. The van der Waals surface area contributed by atoms with Crippen molar-refractivity contribution in [3.8, 4) is 0 Å². The maximum atomic E-state index is 12.3. The highest BCUT2D eigenvalue weighted by atomic mass is 16.5. The van der Waals surface area contributed by atoms with E-state index in [1.807, 2.05) is 25.7 Å².